The molecule has 0 N–H and O–H groups in total. The molecule has 3 nitrogen and oxygen atoms in total. The molecule has 1 heterocycles. The molecule has 0 saturated carbocycles. The Morgan fingerprint density at radius 3 is 2.67 bits per heavy atom. The predicted octanol–water partition coefficient (Wildman–Crippen LogP) is 3.14. The van der Waals surface area contributed by atoms with Gasteiger partial charge in [-0.2, -0.15) is 0 Å². The van der Waals surface area contributed by atoms with Gasteiger partial charge in [-0.05, 0) is 93.9 Å². The SMILES string of the molecule is CN(CCc1ccncc1)C(=O)c1ccc2c(c1)=CCc1c3c(ccc1=2)=CCCC3. The fourth-order valence-corrected chi connectivity index (χ4v) is 4.71. The second-order valence-electron chi connectivity index (χ2n) is 8.30. The first-order valence-electron chi connectivity index (χ1n) is 10.8. The van der Waals surface area contributed by atoms with Crippen molar-refractivity contribution in [3.8, 4) is 0 Å². The van der Waals surface area contributed by atoms with Gasteiger partial charge in [0.25, 0.3) is 5.91 Å². The number of amides is 1. The van der Waals surface area contributed by atoms with Crippen molar-refractivity contribution in [3.05, 3.63) is 98.0 Å². The Bertz CT molecular complexity index is 1330. The molecule has 0 radical (unpaired) electrons. The van der Waals surface area contributed by atoms with E-state index in [4.69, 9.17) is 0 Å². The Labute approximate surface area is 176 Å². The van der Waals surface area contributed by atoms with Crippen molar-refractivity contribution >= 4 is 18.1 Å². The molecule has 1 amide bonds. The third-order valence-corrected chi connectivity index (χ3v) is 6.41. The van der Waals surface area contributed by atoms with Crippen LogP contribution in [0.4, 0.5) is 0 Å². The van der Waals surface area contributed by atoms with Crippen molar-refractivity contribution in [2.45, 2.75) is 32.1 Å². The van der Waals surface area contributed by atoms with Gasteiger partial charge in [0, 0.05) is 31.5 Å². The number of aromatic nitrogens is 1. The van der Waals surface area contributed by atoms with Crippen LogP contribution < -0.4 is 10.4 Å². The van der Waals surface area contributed by atoms with Crippen LogP contribution >= 0.6 is 0 Å². The minimum Gasteiger partial charge on any atom is -0.341 e. The van der Waals surface area contributed by atoms with E-state index in [1.807, 2.05) is 30.1 Å². The van der Waals surface area contributed by atoms with Crippen molar-refractivity contribution in [3.63, 3.8) is 0 Å². The summed E-state index contributed by atoms with van der Waals surface area (Å²) in [5.74, 6) is 0.0751. The van der Waals surface area contributed by atoms with Crippen molar-refractivity contribution in [1.82, 2.24) is 9.88 Å². The van der Waals surface area contributed by atoms with Crippen molar-refractivity contribution in [2.24, 2.45) is 0 Å². The van der Waals surface area contributed by atoms with Gasteiger partial charge in [-0.15, -0.1) is 0 Å². The summed E-state index contributed by atoms with van der Waals surface area (Å²) in [6, 6.07) is 14.7. The second kappa shape index (κ2) is 7.91. The minimum absolute atomic E-state index is 0.0751. The monoisotopic (exact) mass is 394 g/mol. The number of likely N-dealkylation sites (N-methyl/N-ethyl adjacent to an activating group) is 1. The van der Waals surface area contributed by atoms with Gasteiger partial charge in [0.15, 0.2) is 0 Å². The highest BCUT2D eigenvalue weighted by atomic mass is 16.2. The zero-order valence-electron chi connectivity index (χ0n) is 17.4. The van der Waals surface area contributed by atoms with E-state index in [-0.39, 0.29) is 5.91 Å². The van der Waals surface area contributed by atoms with Gasteiger partial charge in [-0.1, -0.05) is 30.4 Å². The molecule has 3 heteroatoms. The smallest absolute Gasteiger partial charge is 0.253 e. The largest absolute Gasteiger partial charge is 0.341 e. The first-order chi connectivity index (χ1) is 14.7. The quantitative estimate of drug-likeness (QED) is 0.681. The van der Waals surface area contributed by atoms with Crippen LogP contribution in [0.15, 0.2) is 54.9 Å². The molecule has 2 aliphatic carbocycles. The van der Waals surface area contributed by atoms with Crippen LogP contribution in [0.3, 0.4) is 0 Å². The van der Waals surface area contributed by atoms with E-state index in [0.717, 1.165) is 18.4 Å². The molecule has 30 heavy (non-hydrogen) atoms. The first-order valence-corrected chi connectivity index (χ1v) is 10.8. The highest BCUT2D eigenvalue weighted by Crippen LogP contribution is 2.18. The number of hydrogen-bond donors (Lipinski definition) is 0. The summed E-state index contributed by atoms with van der Waals surface area (Å²) >= 11 is 0. The van der Waals surface area contributed by atoms with E-state index < -0.39 is 0 Å². The van der Waals surface area contributed by atoms with Crippen LogP contribution in [-0.2, 0) is 19.3 Å². The third kappa shape index (κ3) is 3.45. The van der Waals surface area contributed by atoms with Crippen molar-refractivity contribution in [2.75, 3.05) is 13.6 Å². The lowest BCUT2D eigenvalue weighted by molar-refractivity contribution is 0.0796. The average molecular weight is 395 g/mol. The number of carbonyl (C=O) groups is 1. The Morgan fingerprint density at radius 1 is 0.967 bits per heavy atom. The summed E-state index contributed by atoms with van der Waals surface area (Å²) in [5.41, 5.74) is 4.96. The highest BCUT2D eigenvalue weighted by Gasteiger charge is 2.14. The fraction of sp³-hybridized carbons (Fsp3) is 0.259. The van der Waals surface area contributed by atoms with Crippen LogP contribution in [0.25, 0.3) is 12.2 Å². The maximum Gasteiger partial charge on any atom is 0.253 e. The van der Waals surface area contributed by atoms with Gasteiger partial charge in [0.2, 0.25) is 0 Å². The summed E-state index contributed by atoms with van der Waals surface area (Å²) in [6.07, 6.45) is 13.6. The predicted molar refractivity (Wildman–Crippen MR) is 120 cm³/mol. The molecule has 3 aromatic rings. The molecule has 0 unspecified atom stereocenters. The van der Waals surface area contributed by atoms with Crippen LogP contribution in [0.5, 0.6) is 0 Å². The Hall–Kier alpha value is -3.20. The van der Waals surface area contributed by atoms with Gasteiger partial charge < -0.3 is 4.90 Å². The molecular weight excluding hydrogens is 368 g/mol. The Kier molecular flexibility index (Phi) is 4.96. The van der Waals surface area contributed by atoms with Gasteiger partial charge in [0.05, 0.1) is 0 Å². The maximum absolute atomic E-state index is 13.0. The van der Waals surface area contributed by atoms with E-state index in [1.165, 1.54) is 56.8 Å². The van der Waals surface area contributed by atoms with Crippen LogP contribution in [0, 0.1) is 10.4 Å². The van der Waals surface area contributed by atoms with E-state index in [1.54, 1.807) is 12.4 Å². The van der Waals surface area contributed by atoms with E-state index >= 15 is 0 Å². The zero-order chi connectivity index (χ0) is 20.5. The molecule has 0 atom stereocenters. The number of nitrogens with zero attached hydrogens (tertiary/aromatic N) is 2. The van der Waals surface area contributed by atoms with Crippen molar-refractivity contribution < 1.29 is 4.79 Å². The second-order valence-corrected chi connectivity index (χ2v) is 8.30. The molecule has 150 valence electrons. The molecule has 0 fully saturated rings. The molecule has 0 spiro atoms. The molecule has 1 aromatic heterocycles. The number of benzene rings is 2. The van der Waals surface area contributed by atoms with Gasteiger partial charge in [-0.25, -0.2) is 0 Å². The molecular formula is C27H26N2O. The third-order valence-electron chi connectivity index (χ3n) is 6.41. The molecule has 0 saturated heterocycles. The lowest BCUT2D eigenvalue weighted by Crippen LogP contribution is -2.29. The molecule has 2 aliphatic rings. The lowest BCUT2D eigenvalue weighted by atomic mass is 9.88. The number of rotatable bonds is 4. The number of carbonyl (C=O) groups excluding carboxylic acids is 1. The number of hydrogen-bond acceptors (Lipinski definition) is 2. The summed E-state index contributed by atoms with van der Waals surface area (Å²) in [7, 11) is 1.88. The molecule has 5 rings (SSSR count). The normalized spacial score (nSPS) is 13.9. The number of fused-ring (bicyclic) bond motifs is 4. The van der Waals surface area contributed by atoms with Crippen LogP contribution in [-0.4, -0.2) is 29.4 Å². The standard InChI is InChI=1S/C27H26N2O/c1-29(17-14-19-12-15-28-16-13-19)27(30)22-8-9-24-21(18-22)7-11-25-23-5-3-2-4-20(23)6-10-26(24)25/h4,6-10,12-13,15-16,18H,2-3,5,11,14,17H2,1H3. The fourth-order valence-electron chi connectivity index (χ4n) is 4.71. The Balaban J connectivity index is 1.46. The van der Waals surface area contributed by atoms with Gasteiger partial charge >= 0.3 is 0 Å². The maximum atomic E-state index is 13.0. The van der Waals surface area contributed by atoms with Gasteiger partial charge in [-0.3, -0.25) is 9.78 Å². The minimum atomic E-state index is 0.0751. The van der Waals surface area contributed by atoms with Crippen molar-refractivity contribution in [1.29, 1.82) is 0 Å². The topological polar surface area (TPSA) is 33.2 Å². The zero-order valence-corrected chi connectivity index (χ0v) is 17.4. The van der Waals surface area contributed by atoms with E-state index in [9.17, 15) is 4.79 Å². The van der Waals surface area contributed by atoms with Crippen LogP contribution in [0.2, 0.25) is 0 Å². The van der Waals surface area contributed by atoms with Gasteiger partial charge in [0.1, 0.15) is 0 Å². The highest BCUT2D eigenvalue weighted by molar-refractivity contribution is 5.94. The molecule has 2 aromatic carbocycles. The molecule has 0 aliphatic heterocycles. The van der Waals surface area contributed by atoms with Crippen LogP contribution in [0.1, 0.15) is 39.9 Å². The molecule has 0 bridgehead atoms. The van der Waals surface area contributed by atoms with E-state index in [2.05, 4.69) is 41.4 Å². The summed E-state index contributed by atoms with van der Waals surface area (Å²) in [6.45, 7) is 0.690. The van der Waals surface area contributed by atoms with E-state index in [0.29, 0.717) is 6.54 Å². The number of pyridine rings is 1. The first kappa shape index (κ1) is 18.8. The average Bonchev–Trinajstić information content (AvgIpc) is 2.81. The summed E-state index contributed by atoms with van der Waals surface area (Å²) < 4.78 is 0. The summed E-state index contributed by atoms with van der Waals surface area (Å²) in [5, 5.41) is 5.18. The summed E-state index contributed by atoms with van der Waals surface area (Å²) in [4.78, 5) is 18.8. The lowest BCUT2D eigenvalue weighted by Gasteiger charge is -2.18. The Morgan fingerprint density at radius 2 is 1.80 bits per heavy atom.